The number of carbonyl (C=O) groups is 1. The van der Waals surface area contributed by atoms with Gasteiger partial charge < -0.3 is 35.0 Å². The third-order valence-corrected chi connectivity index (χ3v) is 5.68. The van der Waals surface area contributed by atoms with Gasteiger partial charge in [-0.1, -0.05) is 12.8 Å². The van der Waals surface area contributed by atoms with E-state index in [1.807, 2.05) is 0 Å². The zero-order chi connectivity index (χ0) is 22.5. The molecule has 31 heavy (non-hydrogen) atoms. The molecule has 0 spiro atoms. The number of hydrogen-bond donors (Lipinski definition) is 5. The highest BCUT2D eigenvalue weighted by Crippen LogP contribution is 2.42. The maximum atomic E-state index is 12.6. The van der Waals surface area contributed by atoms with E-state index in [2.05, 4.69) is 0 Å². The van der Waals surface area contributed by atoms with E-state index < -0.39 is 24.3 Å². The Balaban J connectivity index is 1.71. The smallest absolute Gasteiger partial charge is 0.342 e. The Morgan fingerprint density at radius 3 is 2.61 bits per heavy atom. The molecular weight excluding hydrogens is 404 g/mol. The number of aliphatic hydroxyl groups excluding tert-OH is 3. The minimum absolute atomic E-state index is 0.0163. The van der Waals surface area contributed by atoms with Crippen molar-refractivity contribution in [1.29, 1.82) is 0 Å². The van der Waals surface area contributed by atoms with Crippen LogP contribution in [0, 0.1) is 0 Å². The molecule has 3 rings (SSSR count). The fourth-order valence-corrected chi connectivity index (χ4v) is 4.17. The molecule has 2 aromatic carbocycles. The van der Waals surface area contributed by atoms with Gasteiger partial charge in [-0.15, -0.1) is 0 Å². The van der Waals surface area contributed by atoms with Crippen molar-refractivity contribution >= 4 is 16.7 Å². The Morgan fingerprint density at radius 1 is 1.13 bits per heavy atom. The molecule has 0 amide bonds. The average molecular weight is 434 g/mol. The van der Waals surface area contributed by atoms with Crippen LogP contribution in [-0.2, 0) is 11.2 Å². The number of aliphatic hydroxyl groups is 3. The van der Waals surface area contributed by atoms with Gasteiger partial charge in [0, 0.05) is 25.5 Å². The van der Waals surface area contributed by atoms with Crippen LogP contribution in [0.25, 0.3) is 10.8 Å². The number of benzene rings is 2. The van der Waals surface area contributed by atoms with Crippen molar-refractivity contribution in [2.24, 2.45) is 0 Å². The van der Waals surface area contributed by atoms with E-state index >= 15 is 0 Å². The average Bonchev–Trinajstić information content (AvgIpc) is 2.70. The summed E-state index contributed by atoms with van der Waals surface area (Å²) in [5.74, 6) is -0.830. The lowest BCUT2D eigenvalue weighted by Gasteiger charge is -2.28. The van der Waals surface area contributed by atoms with Gasteiger partial charge in [-0.05, 0) is 42.3 Å². The van der Waals surface area contributed by atoms with Crippen LogP contribution in [0.4, 0.5) is 0 Å². The van der Waals surface area contributed by atoms with Crippen LogP contribution in [0.1, 0.15) is 54.4 Å². The first-order valence-electron chi connectivity index (χ1n) is 10.6. The van der Waals surface area contributed by atoms with Crippen molar-refractivity contribution in [3.05, 3.63) is 29.3 Å². The number of phenolic OH excluding ortho intramolecular Hbond substituents is 2. The third-order valence-electron chi connectivity index (χ3n) is 5.68. The summed E-state index contributed by atoms with van der Waals surface area (Å²) in [5.41, 5.74) is 0.582. The van der Waals surface area contributed by atoms with Crippen LogP contribution in [0.15, 0.2) is 18.2 Å². The van der Waals surface area contributed by atoms with Crippen LogP contribution in [0.2, 0.25) is 0 Å². The summed E-state index contributed by atoms with van der Waals surface area (Å²) in [6, 6.07) is 4.73. The van der Waals surface area contributed by atoms with Crippen molar-refractivity contribution in [3.63, 3.8) is 0 Å². The molecular formula is C23H30O8. The highest BCUT2D eigenvalue weighted by molar-refractivity contribution is 6.05. The van der Waals surface area contributed by atoms with E-state index in [0.29, 0.717) is 36.0 Å². The number of esters is 1. The summed E-state index contributed by atoms with van der Waals surface area (Å²) in [6.45, 7) is 0.129. The number of fused-ring (bicyclic) bond motifs is 2. The molecule has 0 bridgehead atoms. The number of carbonyl (C=O) groups excluding carboxylic acids is 1. The predicted octanol–water partition coefficient (Wildman–Crippen LogP) is 2.40. The maximum absolute atomic E-state index is 12.6. The molecule has 0 radical (unpaired) electrons. The molecule has 3 unspecified atom stereocenters. The van der Waals surface area contributed by atoms with Gasteiger partial charge in [0.15, 0.2) is 0 Å². The molecule has 170 valence electrons. The van der Waals surface area contributed by atoms with Crippen molar-refractivity contribution in [3.8, 4) is 17.2 Å². The van der Waals surface area contributed by atoms with Gasteiger partial charge >= 0.3 is 5.97 Å². The lowest BCUT2D eigenvalue weighted by atomic mass is 9.90. The van der Waals surface area contributed by atoms with Crippen LogP contribution < -0.4 is 4.74 Å². The molecule has 3 atom stereocenters. The van der Waals surface area contributed by atoms with E-state index in [9.17, 15) is 25.2 Å². The standard InChI is InChI=1S/C23H30O8/c1-30-17-8-13-7-14-9-18(11-16(26)10-15(25)5-3-2-4-6-24)31-23(29)21(14)22(28)20(13)19(27)12-17/h7-8,12,15-16,18,24-28H,2-6,9-11H2,1H3. The van der Waals surface area contributed by atoms with Gasteiger partial charge in [0.05, 0.1) is 24.7 Å². The van der Waals surface area contributed by atoms with Gasteiger partial charge in [0.25, 0.3) is 0 Å². The lowest BCUT2D eigenvalue weighted by molar-refractivity contribution is 0.000693. The quantitative estimate of drug-likeness (QED) is 0.284. The number of unbranched alkanes of at least 4 members (excludes halogenated alkanes) is 2. The molecule has 5 N–H and O–H groups in total. The van der Waals surface area contributed by atoms with Gasteiger partial charge in [-0.2, -0.15) is 0 Å². The minimum Gasteiger partial charge on any atom is -0.507 e. The Hall–Kier alpha value is -2.55. The Bertz CT molecular complexity index is 926. The zero-order valence-electron chi connectivity index (χ0n) is 17.6. The Morgan fingerprint density at radius 2 is 1.90 bits per heavy atom. The summed E-state index contributed by atoms with van der Waals surface area (Å²) in [5, 5.41) is 50.8. The normalized spacial score (nSPS) is 17.8. The SMILES string of the molecule is COc1cc(O)c2c(O)c3c(cc2c1)CC(CC(O)CC(O)CCCCCO)OC3=O. The first-order chi connectivity index (χ1) is 14.8. The van der Waals surface area contributed by atoms with Gasteiger partial charge in [0.2, 0.25) is 0 Å². The molecule has 0 aromatic heterocycles. The third kappa shape index (κ3) is 5.39. The number of ether oxygens (including phenoxy) is 2. The number of cyclic esters (lactones) is 1. The molecule has 1 heterocycles. The highest BCUT2D eigenvalue weighted by atomic mass is 16.5. The second-order valence-electron chi connectivity index (χ2n) is 8.09. The van der Waals surface area contributed by atoms with E-state index in [4.69, 9.17) is 14.6 Å². The van der Waals surface area contributed by atoms with Crippen LogP contribution >= 0.6 is 0 Å². The van der Waals surface area contributed by atoms with Gasteiger partial charge in [-0.25, -0.2) is 4.79 Å². The highest BCUT2D eigenvalue weighted by Gasteiger charge is 2.32. The Labute approximate surface area is 180 Å². The zero-order valence-corrected chi connectivity index (χ0v) is 17.6. The molecule has 1 aliphatic heterocycles. The number of methoxy groups -OCH3 is 1. The summed E-state index contributed by atoms with van der Waals surface area (Å²) >= 11 is 0. The summed E-state index contributed by atoms with van der Waals surface area (Å²) in [7, 11) is 1.47. The molecule has 0 saturated heterocycles. The lowest BCUT2D eigenvalue weighted by Crippen LogP contribution is -2.32. The minimum atomic E-state index is -0.842. The topological polar surface area (TPSA) is 137 Å². The van der Waals surface area contributed by atoms with Gasteiger partial charge in [-0.3, -0.25) is 0 Å². The predicted molar refractivity (Wildman–Crippen MR) is 114 cm³/mol. The first kappa shape index (κ1) is 23.1. The fraction of sp³-hybridized carbons (Fsp3) is 0.522. The summed E-state index contributed by atoms with van der Waals surface area (Å²) < 4.78 is 10.6. The van der Waals surface area contributed by atoms with E-state index in [-0.39, 0.29) is 41.9 Å². The second-order valence-corrected chi connectivity index (χ2v) is 8.09. The summed E-state index contributed by atoms with van der Waals surface area (Å²) in [4.78, 5) is 12.6. The van der Waals surface area contributed by atoms with Crippen molar-refractivity contribution in [2.45, 2.75) is 63.3 Å². The van der Waals surface area contributed by atoms with Crippen molar-refractivity contribution in [1.82, 2.24) is 0 Å². The largest absolute Gasteiger partial charge is 0.507 e. The number of rotatable bonds is 10. The monoisotopic (exact) mass is 434 g/mol. The molecule has 0 fully saturated rings. The molecule has 0 saturated carbocycles. The van der Waals surface area contributed by atoms with Gasteiger partial charge in [0.1, 0.15) is 28.9 Å². The van der Waals surface area contributed by atoms with E-state index in [1.54, 1.807) is 12.1 Å². The number of phenols is 2. The Kier molecular flexibility index (Phi) is 7.59. The van der Waals surface area contributed by atoms with E-state index in [0.717, 1.165) is 12.8 Å². The molecule has 8 heteroatoms. The second kappa shape index (κ2) is 10.2. The van der Waals surface area contributed by atoms with Crippen molar-refractivity contribution in [2.75, 3.05) is 13.7 Å². The van der Waals surface area contributed by atoms with Crippen LogP contribution in [0.5, 0.6) is 17.2 Å². The molecule has 0 aliphatic carbocycles. The molecule has 1 aliphatic rings. The number of aromatic hydroxyl groups is 2. The molecule has 8 nitrogen and oxygen atoms in total. The fourth-order valence-electron chi connectivity index (χ4n) is 4.17. The van der Waals surface area contributed by atoms with Crippen molar-refractivity contribution < 1.29 is 39.8 Å². The summed E-state index contributed by atoms with van der Waals surface area (Å²) in [6.07, 6.45) is 1.36. The number of hydrogen-bond acceptors (Lipinski definition) is 8. The van der Waals surface area contributed by atoms with Crippen LogP contribution in [0.3, 0.4) is 0 Å². The maximum Gasteiger partial charge on any atom is 0.342 e. The van der Waals surface area contributed by atoms with Crippen LogP contribution in [-0.4, -0.2) is 63.5 Å². The van der Waals surface area contributed by atoms with E-state index in [1.165, 1.54) is 13.2 Å². The molecule has 2 aromatic rings. The first-order valence-corrected chi connectivity index (χ1v) is 10.6.